The highest BCUT2D eigenvalue weighted by atomic mass is 16.3. The highest BCUT2D eigenvalue weighted by Crippen LogP contribution is 2.30. The highest BCUT2D eigenvalue weighted by Gasteiger charge is 2.29. The molecule has 154 valence electrons. The minimum absolute atomic E-state index is 0.0304. The molecule has 1 saturated heterocycles. The summed E-state index contributed by atoms with van der Waals surface area (Å²) >= 11 is 0. The van der Waals surface area contributed by atoms with Crippen LogP contribution in [0.1, 0.15) is 24.8 Å². The fraction of sp³-hybridized carbons (Fsp3) is 0.381. The predicted molar refractivity (Wildman–Crippen MR) is 109 cm³/mol. The first-order chi connectivity index (χ1) is 14.5. The zero-order valence-electron chi connectivity index (χ0n) is 16.3. The number of nitriles is 1. The van der Waals surface area contributed by atoms with Gasteiger partial charge in [0.05, 0.1) is 42.0 Å². The van der Waals surface area contributed by atoms with Crippen molar-refractivity contribution in [2.24, 2.45) is 5.92 Å². The number of aromatic nitrogens is 2. The van der Waals surface area contributed by atoms with Crippen LogP contribution in [-0.2, 0) is 9.59 Å². The van der Waals surface area contributed by atoms with E-state index < -0.39 is 6.10 Å². The fourth-order valence-corrected chi connectivity index (χ4v) is 3.31. The number of carbonyl (C=O) groups is 2. The van der Waals surface area contributed by atoms with Crippen LogP contribution in [0.3, 0.4) is 0 Å². The monoisotopic (exact) mass is 406 g/mol. The lowest BCUT2D eigenvalue weighted by Crippen LogP contribution is -2.34. The molecule has 2 aliphatic rings. The van der Waals surface area contributed by atoms with Gasteiger partial charge in [0.2, 0.25) is 11.8 Å². The Hall–Kier alpha value is -3.51. The molecular formula is C21H22N6O3. The number of nitrogens with zero attached hydrogens (tertiary/aromatic N) is 4. The average Bonchev–Trinajstić information content (AvgIpc) is 3.53. The van der Waals surface area contributed by atoms with Crippen molar-refractivity contribution in [2.75, 3.05) is 30.3 Å². The van der Waals surface area contributed by atoms with Crippen LogP contribution in [0.2, 0.25) is 0 Å². The van der Waals surface area contributed by atoms with Crippen molar-refractivity contribution in [3.8, 4) is 17.3 Å². The lowest BCUT2D eigenvalue weighted by atomic mass is 10.1. The van der Waals surface area contributed by atoms with Gasteiger partial charge in [-0.15, -0.1) is 0 Å². The first-order valence-corrected chi connectivity index (χ1v) is 9.90. The zero-order valence-corrected chi connectivity index (χ0v) is 16.3. The van der Waals surface area contributed by atoms with Crippen LogP contribution >= 0.6 is 0 Å². The van der Waals surface area contributed by atoms with E-state index in [4.69, 9.17) is 0 Å². The molecule has 0 spiro atoms. The van der Waals surface area contributed by atoms with Gasteiger partial charge in [-0.05, 0) is 31.4 Å². The average molecular weight is 406 g/mol. The Bertz CT molecular complexity index is 997. The van der Waals surface area contributed by atoms with Crippen LogP contribution in [0.5, 0.6) is 0 Å². The van der Waals surface area contributed by atoms with Crippen LogP contribution in [0.15, 0.2) is 30.6 Å². The van der Waals surface area contributed by atoms with Crippen molar-refractivity contribution in [1.82, 2.24) is 14.9 Å². The SMILES string of the molecule is N#Cc1ccc(-c2cnc(NC(=O)C3CC3)cn2)cc1NCC(=O)N1CCC(O)C1. The van der Waals surface area contributed by atoms with Crippen molar-refractivity contribution < 1.29 is 14.7 Å². The van der Waals surface area contributed by atoms with Gasteiger partial charge in [0, 0.05) is 24.6 Å². The summed E-state index contributed by atoms with van der Waals surface area (Å²) < 4.78 is 0. The number of aliphatic hydroxyl groups excluding tert-OH is 1. The summed E-state index contributed by atoms with van der Waals surface area (Å²) in [4.78, 5) is 34.3. The first kappa shape index (κ1) is 19.8. The van der Waals surface area contributed by atoms with Gasteiger partial charge in [-0.3, -0.25) is 14.6 Å². The van der Waals surface area contributed by atoms with Crippen LogP contribution in [0.25, 0.3) is 11.3 Å². The number of benzene rings is 1. The molecule has 2 heterocycles. The third-order valence-corrected chi connectivity index (χ3v) is 5.23. The van der Waals surface area contributed by atoms with E-state index in [9.17, 15) is 20.0 Å². The lowest BCUT2D eigenvalue weighted by Gasteiger charge is -2.17. The molecule has 1 aromatic heterocycles. The molecule has 2 aromatic rings. The Labute approximate surface area is 173 Å². The van der Waals surface area contributed by atoms with E-state index in [1.165, 1.54) is 6.20 Å². The molecule has 2 amide bonds. The molecule has 1 unspecified atom stereocenters. The smallest absolute Gasteiger partial charge is 0.241 e. The second-order valence-corrected chi connectivity index (χ2v) is 7.56. The van der Waals surface area contributed by atoms with E-state index in [-0.39, 0.29) is 24.3 Å². The molecule has 1 aliphatic heterocycles. The van der Waals surface area contributed by atoms with Gasteiger partial charge >= 0.3 is 0 Å². The number of anilines is 2. The summed E-state index contributed by atoms with van der Waals surface area (Å²) in [6.45, 7) is 0.902. The fourth-order valence-electron chi connectivity index (χ4n) is 3.31. The van der Waals surface area contributed by atoms with Gasteiger partial charge in [-0.1, -0.05) is 6.07 Å². The highest BCUT2D eigenvalue weighted by molar-refractivity contribution is 5.93. The van der Waals surface area contributed by atoms with Gasteiger partial charge in [0.1, 0.15) is 6.07 Å². The summed E-state index contributed by atoms with van der Waals surface area (Å²) in [7, 11) is 0. The second-order valence-electron chi connectivity index (χ2n) is 7.56. The maximum Gasteiger partial charge on any atom is 0.241 e. The van der Waals surface area contributed by atoms with E-state index in [0.29, 0.717) is 42.3 Å². The van der Waals surface area contributed by atoms with E-state index in [0.717, 1.165) is 18.4 Å². The summed E-state index contributed by atoms with van der Waals surface area (Å²) in [6.07, 6.45) is 5.01. The number of amides is 2. The number of hydrogen-bond donors (Lipinski definition) is 3. The minimum atomic E-state index is -0.470. The Morgan fingerprint density at radius 1 is 1.23 bits per heavy atom. The first-order valence-electron chi connectivity index (χ1n) is 9.90. The predicted octanol–water partition coefficient (Wildman–Crippen LogP) is 1.37. The summed E-state index contributed by atoms with van der Waals surface area (Å²) in [5.41, 5.74) is 2.25. The van der Waals surface area contributed by atoms with Crippen LogP contribution in [0.4, 0.5) is 11.5 Å². The van der Waals surface area contributed by atoms with E-state index in [1.807, 2.05) is 0 Å². The Morgan fingerprint density at radius 3 is 2.70 bits per heavy atom. The van der Waals surface area contributed by atoms with Crippen LogP contribution in [0, 0.1) is 17.2 Å². The molecule has 30 heavy (non-hydrogen) atoms. The Kier molecular flexibility index (Phi) is 5.59. The molecule has 1 saturated carbocycles. The summed E-state index contributed by atoms with van der Waals surface area (Å²) in [6, 6.07) is 7.28. The normalized spacial score (nSPS) is 18.0. The molecule has 2 fully saturated rings. The number of rotatable bonds is 6. The van der Waals surface area contributed by atoms with Crippen molar-refractivity contribution in [3.05, 3.63) is 36.2 Å². The van der Waals surface area contributed by atoms with E-state index in [2.05, 4.69) is 26.7 Å². The van der Waals surface area contributed by atoms with Crippen LogP contribution in [-0.4, -0.2) is 57.5 Å². The number of β-amino-alcohol motifs (C(OH)–C–C–N with tert-alkyl or cyclic N) is 1. The largest absolute Gasteiger partial charge is 0.391 e. The summed E-state index contributed by atoms with van der Waals surface area (Å²) in [5, 5.41) is 24.7. The van der Waals surface area contributed by atoms with Gasteiger partial charge in [0.25, 0.3) is 0 Å². The molecule has 9 nitrogen and oxygen atoms in total. The second kappa shape index (κ2) is 8.47. The zero-order chi connectivity index (χ0) is 21.1. The number of aliphatic hydroxyl groups is 1. The van der Waals surface area contributed by atoms with Crippen molar-refractivity contribution >= 4 is 23.3 Å². The number of nitrogens with one attached hydrogen (secondary N) is 2. The quantitative estimate of drug-likeness (QED) is 0.660. The maximum atomic E-state index is 12.3. The Balaban J connectivity index is 1.44. The summed E-state index contributed by atoms with van der Waals surface area (Å²) in [5.74, 6) is 0.333. The Morgan fingerprint density at radius 2 is 2.07 bits per heavy atom. The van der Waals surface area contributed by atoms with Gasteiger partial charge in [-0.2, -0.15) is 5.26 Å². The molecule has 4 rings (SSSR count). The third-order valence-electron chi connectivity index (χ3n) is 5.23. The van der Waals surface area contributed by atoms with Gasteiger partial charge in [0.15, 0.2) is 5.82 Å². The number of hydrogen-bond acceptors (Lipinski definition) is 7. The molecule has 1 atom stereocenters. The lowest BCUT2D eigenvalue weighted by molar-refractivity contribution is -0.128. The van der Waals surface area contributed by atoms with Gasteiger partial charge < -0.3 is 20.6 Å². The van der Waals surface area contributed by atoms with E-state index in [1.54, 1.807) is 29.3 Å². The third kappa shape index (κ3) is 4.55. The molecule has 9 heteroatoms. The van der Waals surface area contributed by atoms with Gasteiger partial charge in [-0.25, -0.2) is 4.98 Å². The van der Waals surface area contributed by atoms with Crippen molar-refractivity contribution in [1.29, 1.82) is 5.26 Å². The molecule has 0 radical (unpaired) electrons. The molecule has 0 bridgehead atoms. The van der Waals surface area contributed by atoms with Crippen LogP contribution < -0.4 is 10.6 Å². The maximum absolute atomic E-state index is 12.3. The molecular weight excluding hydrogens is 384 g/mol. The van der Waals surface area contributed by atoms with Crippen molar-refractivity contribution in [3.63, 3.8) is 0 Å². The van der Waals surface area contributed by atoms with Crippen molar-refractivity contribution in [2.45, 2.75) is 25.4 Å². The topological polar surface area (TPSA) is 131 Å². The number of carbonyl (C=O) groups excluding carboxylic acids is 2. The standard InChI is InChI=1S/C21H22N6O3/c22-8-15-4-3-14(7-17(15)24-11-20(29)27-6-5-16(28)12-27)18-9-25-19(10-23-18)26-21(30)13-1-2-13/h3-4,7,9-10,13,16,24,28H,1-2,5-6,11-12H2,(H,25,26,30). The molecule has 1 aliphatic carbocycles. The molecule has 1 aromatic carbocycles. The number of likely N-dealkylation sites (tertiary alicyclic amines) is 1. The van der Waals surface area contributed by atoms with E-state index >= 15 is 0 Å². The molecule has 3 N–H and O–H groups in total. The minimum Gasteiger partial charge on any atom is -0.391 e.